The molecule has 0 fully saturated rings. The first-order valence-electron chi connectivity index (χ1n) is 9.47. The molecule has 2 N–H and O–H groups in total. The van der Waals surface area contributed by atoms with Gasteiger partial charge >= 0.3 is 11.7 Å². The Morgan fingerprint density at radius 3 is 2.67 bits per heavy atom. The molecule has 0 bridgehead atoms. The van der Waals surface area contributed by atoms with E-state index in [1.54, 1.807) is 23.1 Å². The molecule has 3 heterocycles. The van der Waals surface area contributed by atoms with Crippen LogP contribution in [0.25, 0.3) is 17.0 Å². The summed E-state index contributed by atoms with van der Waals surface area (Å²) in [7, 11) is 0. The van der Waals surface area contributed by atoms with Crippen molar-refractivity contribution in [2.24, 2.45) is 0 Å². The summed E-state index contributed by atoms with van der Waals surface area (Å²) < 4.78 is 15.3. The molecule has 0 radical (unpaired) electrons. The van der Waals surface area contributed by atoms with Gasteiger partial charge in [0.1, 0.15) is 5.82 Å². The molecule has 2 amide bonds. The number of H-pyrrole nitrogens is 1. The zero-order valence-corrected chi connectivity index (χ0v) is 15.8. The highest BCUT2D eigenvalue weighted by Crippen LogP contribution is 2.24. The van der Waals surface area contributed by atoms with E-state index in [4.69, 9.17) is 0 Å². The Kier molecular flexibility index (Phi) is 4.27. The number of nitrogens with zero attached hydrogens (tertiary/aromatic N) is 4. The van der Waals surface area contributed by atoms with Crippen LogP contribution in [0.15, 0.2) is 59.4 Å². The third kappa shape index (κ3) is 3.10. The number of para-hydroxylation sites is 1. The molecule has 0 unspecified atom stereocenters. The van der Waals surface area contributed by atoms with E-state index in [1.807, 2.05) is 30.3 Å². The minimum Gasteiger partial charge on any atom is -0.320 e. The third-order valence-electron chi connectivity index (χ3n) is 5.10. The second-order valence-electron chi connectivity index (χ2n) is 7.01. The SMILES string of the molecule is O=C(Nc1ccccc1)N1CCc2[nH]c(=O)n3nc(-c4ccccc4F)nc3c2C1. The maximum Gasteiger partial charge on any atom is 0.348 e. The molecule has 9 heteroatoms. The van der Waals surface area contributed by atoms with Crippen LogP contribution in [0.2, 0.25) is 0 Å². The van der Waals surface area contributed by atoms with Gasteiger partial charge in [-0.2, -0.15) is 4.52 Å². The summed E-state index contributed by atoms with van der Waals surface area (Å²) in [5.74, 6) is -0.347. The lowest BCUT2D eigenvalue weighted by atomic mass is 10.1. The van der Waals surface area contributed by atoms with Gasteiger partial charge in [0.25, 0.3) is 0 Å². The first-order chi connectivity index (χ1) is 14.6. The molecule has 0 atom stereocenters. The molecule has 2 aromatic carbocycles. The lowest BCUT2D eigenvalue weighted by Crippen LogP contribution is -2.40. The van der Waals surface area contributed by atoms with Gasteiger partial charge < -0.3 is 15.2 Å². The summed E-state index contributed by atoms with van der Waals surface area (Å²) in [5, 5.41) is 7.05. The number of hydrogen-bond donors (Lipinski definition) is 2. The van der Waals surface area contributed by atoms with E-state index in [2.05, 4.69) is 20.4 Å². The van der Waals surface area contributed by atoms with Crippen LogP contribution in [0.3, 0.4) is 0 Å². The van der Waals surface area contributed by atoms with E-state index in [9.17, 15) is 14.0 Å². The number of amides is 2. The Bertz CT molecular complexity index is 1310. The van der Waals surface area contributed by atoms with E-state index in [-0.39, 0.29) is 24.0 Å². The maximum atomic E-state index is 14.2. The van der Waals surface area contributed by atoms with Gasteiger partial charge in [-0.1, -0.05) is 30.3 Å². The first kappa shape index (κ1) is 18.0. The number of nitrogens with one attached hydrogen (secondary N) is 2. The highest BCUT2D eigenvalue weighted by atomic mass is 19.1. The van der Waals surface area contributed by atoms with E-state index in [0.29, 0.717) is 35.6 Å². The summed E-state index contributed by atoms with van der Waals surface area (Å²) in [6.07, 6.45) is 0.477. The number of fused-ring (bicyclic) bond motifs is 3. The zero-order valence-electron chi connectivity index (χ0n) is 15.8. The number of hydrogen-bond acceptors (Lipinski definition) is 4. The van der Waals surface area contributed by atoms with Crippen LogP contribution in [-0.4, -0.2) is 37.1 Å². The number of urea groups is 1. The summed E-state index contributed by atoms with van der Waals surface area (Å²) in [4.78, 5) is 34.0. The van der Waals surface area contributed by atoms with Crippen molar-refractivity contribution in [3.8, 4) is 11.4 Å². The number of anilines is 1. The van der Waals surface area contributed by atoms with Gasteiger partial charge in [-0.3, -0.25) is 0 Å². The lowest BCUT2D eigenvalue weighted by molar-refractivity contribution is 0.206. The normalized spacial score (nSPS) is 13.3. The number of benzene rings is 2. The Labute approximate surface area is 170 Å². The van der Waals surface area contributed by atoms with Crippen molar-refractivity contribution in [1.82, 2.24) is 24.5 Å². The first-order valence-corrected chi connectivity index (χ1v) is 9.47. The average Bonchev–Trinajstić information content (AvgIpc) is 3.21. The summed E-state index contributed by atoms with van der Waals surface area (Å²) in [6.45, 7) is 0.704. The zero-order chi connectivity index (χ0) is 20.7. The second kappa shape index (κ2) is 7.11. The van der Waals surface area contributed by atoms with Crippen molar-refractivity contribution in [3.63, 3.8) is 0 Å². The highest BCUT2D eigenvalue weighted by Gasteiger charge is 2.26. The van der Waals surface area contributed by atoms with Crippen molar-refractivity contribution in [2.45, 2.75) is 13.0 Å². The monoisotopic (exact) mass is 404 g/mol. The molecule has 150 valence electrons. The van der Waals surface area contributed by atoms with Crippen molar-refractivity contribution in [2.75, 3.05) is 11.9 Å². The number of halogens is 1. The molecule has 5 rings (SSSR count). The summed E-state index contributed by atoms with van der Waals surface area (Å²) in [6, 6.07) is 15.1. The second-order valence-corrected chi connectivity index (χ2v) is 7.01. The number of carbonyl (C=O) groups is 1. The minimum atomic E-state index is -0.470. The minimum absolute atomic E-state index is 0.123. The van der Waals surface area contributed by atoms with Crippen LogP contribution >= 0.6 is 0 Å². The van der Waals surface area contributed by atoms with Gasteiger partial charge in [-0.25, -0.2) is 19.0 Å². The van der Waals surface area contributed by atoms with E-state index in [1.165, 1.54) is 6.07 Å². The Morgan fingerprint density at radius 1 is 1.10 bits per heavy atom. The fraction of sp³-hybridized carbons (Fsp3) is 0.143. The standard InChI is InChI=1S/C21H17FN6O2/c22-16-9-5-4-8-14(16)18-25-19-15-12-27(20(29)23-13-6-2-1-3-7-13)11-10-17(15)24-21(30)28(19)26-18/h1-9H,10-12H2,(H,23,29)(H,24,30). The van der Waals surface area contributed by atoms with E-state index in [0.717, 1.165) is 4.52 Å². The van der Waals surface area contributed by atoms with Gasteiger partial charge in [0.05, 0.1) is 12.1 Å². The molecule has 8 nitrogen and oxygen atoms in total. The molecule has 30 heavy (non-hydrogen) atoms. The molecule has 0 spiro atoms. The molecule has 1 aliphatic heterocycles. The molecule has 1 aliphatic rings. The predicted octanol–water partition coefficient (Wildman–Crippen LogP) is 2.81. The largest absolute Gasteiger partial charge is 0.348 e. The molecular formula is C21H17FN6O2. The average molecular weight is 404 g/mol. The van der Waals surface area contributed by atoms with Gasteiger partial charge in [-0.15, -0.1) is 5.10 Å². The quantitative estimate of drug-likeness (QED) is 0.537. The Balaban J connectivity index is 1.51. The van der Waals surface area contributed by atoms with Crippen LogP contribution in [-0.2, 0) is 13.0 Å². The fourth-order valence-electron chi connectivity index (χ4n) is 3.59. The van der Waals surface area contributed by atoms with Gasteiger partial charge in [0, 0.05) is 29.9 Å². The van der Waals surface area contributed by atoms with E-state index < -0.39 is 11.5 Å². The molecule has 0 saturated carbocycles. The van der Waals surface area contributed by atoms with Crippen LogP contribution in [0.5, 0.6) is 0 Å². The van der Waals surface area contributed by atoms with Crippen LogP contribution in [0, 0.1) is 5.82 Å². The third-order valence-corrected chi connectivity index (χ3v) is 5.10. The lowest BCUT2D eigenvalue weighted by Gasteiger charge is -2.28. The van der Waals surface area contributed by atoms with Crippen molar-refractivity contribution < 1.29 is 9.18 Å². The predicted molar refractivity (Wildman–Crippen MR) is 109 cm³/mol. The molecule has 2 aromatic heterocycles. The Hall–Kier alpha value is -4.01. The maximum absolute atomic E-state index is 14.2. The molecule has 0 saturated heterocycles. The van der Waals surface area contributed by atoms with Gasteiger partial charge in [-0.05, 0) is 24.3 Å². The van der Waals surface area contributed by atoms with Gasteiger partial charge in [0.15, 0.2) is 11.5 Å². The highest BCUT2D eigenvalue weighted by molar-refractivity contribution is 5.89. The fourth-order valence-corrected chi connectivity index (χ4v) is 3.59. The topological polar surface area (TPSA) is 95.4 Å². The summed E-state index contributed by atoms with van der Waals surface area (Å²) >= 11 is 0. The number of rotatable bonds is 2. The van der Waals surface area contributed by atoms with Gasteiger partial charge in [0.2, 0.25) is 0 Å². The van der Waals surface area contributed by atoms with Crippen molar-refractivity contribution in [1.29, 1.82) is 0 Å². The summed E-state index contributed by atoms with van der Waals surface area (Å²) in [5.41, 5.74) is 2.20. The van der Waals surface area contributed by atoms with E-state index >= 15 is 0 Å². The van der Waals surface area contributed by atoms with Crippen LogP contribution < -0.4 is 11.0 Å². The molecular weight excluding hydrogens is 387 g/mol. The number of aromatic nitrogens is 4. The van der Waals surface area contributed by atoms with Crippen molar-refractivity contribution >= 4 is 17.4 Å². The number of carbonyl (C=O) groups excluding carboxylic acids is 1. The Morgan fingerprint density at radius 2 is 1.87 bits per heavy atom. The van der Waals surface area contributed by atoms with Crippen LogP contribution in [0.1, 0.15) is 11.3 Å². The smallest absolute Gasteiger partial charge is 0.320 e. The van der Waals surface area contributed by atoms with Crippen molar-refractivity contribution in [3.05, 3.63) is 82.2 Å². The molecule has 0 aliphatic carbocycles. The molecule has 4 aromatic rings. The number of aromatic amines is 1. The van der Waals surface area contributed by atoms with Crippen LogP contribution in [0.4, 0.5) is 14.9 Å².